The van der Waals surface area contributed by atoms with Gasteiger partial charge in [0, 0.05) is 30.9 Å². The summed E-state index contributed by atoms with van der Waals surface area (Å²) < 4.78 is 42.7. The van der Waals surface area contributed by atoms with Crippen LogP contribution in [0.5, 0.6) is 5.75 Å². The number of aliphatic hydroxyl groups is 1. The summed E-state index contributed by atoms with van der Waals surface area (Å²) in [6, 6.07) is 6.76. The fourth-order valence-corrected chi connectivity index (χ4v) is 5.55. The van der Waals surface area contributed by atoms with Crippen LogP contribution in [0.1, 0.15) is 72.8 Å². The van der Waals surface area contributed by atoms with Crippen LogP contribution in [-0.4, -0.2) is 56.0 Å². The fourth-order valence-electron chi connectivity index (χ4n) is 5.55. The average Bonchev–Trinajstić information content (AvgIpc) is 3.03. The second-order valence-electron chi connectivity index (χ2n) is 9.90. The van der Waals surface area contributed by atoms with E-state index in [0.717, 1.165) is 48.9 Å². The second kappa shape index (κ2) is 10.2. The molecule has 11 heteroatoms. The molecule has 0 radical (unpaired) electrons. The molecule has 0 bridgehead atoms. The van der Waals surface area contributed by atoms with Crippen molar-refractivity contribution in [1.82, 2.24) is 19.4 Å². The van der Waals surface area contributed by atoms with Gasteiger partial charge in [0.05, 0.1) is 11.6 Å². The molecule has 3 heterocycles. The molecule has 37 heavy (non-hydrogen) atoms. The molecule has 1 aliphatic heterocycles. The minimum Gasteiger partial charge on any atom is -0.406 e. The van der Waals surface area contributed by atoms with Crippen LogP contribution in [0.3, 0.4) is 0 Å². The zero-order valence-electron chi connectivity index (χ0n) is 20.2. The molecular formula is C26H29F3N4O4. The monoisotopic (exact) mass is 518 g/mol. The number of pyridine rings is 1. The average molecular weight is 519 g/mol. The van der Waals surface area contributed by atoms with Crippen LogP contribution in [-0.2, 0) is 0 Å². The predicted molar refractivity (Wildman–Crippen MR) is 129 cm³/mol. The lowest BCUT2D eigenvalue weighted by molar-refractivity contribution is -0.274. The summed E-state index contributed by atoms with van der Waals surface area (Å²) in [5, 5.41) is 10.2. The number of amides is 1. The third kappa shape index (κ3) is 5.66. The van der Waals surface area contributed by atoms with Gasteiger partial charge in [0.2, 0.25) is 0 Å². The van der Waals surface area contributed by atoms with E-state index in [1.54, 1.807) is 15.7 Å². The molecule has 5 rings (SSSR count). The first kappa shape index (κ1) is 25.3. The molecule has 1 saturated carbocycles. The number of nitrogens with one attached hydrogen (secondary N) is 1. The van der Waals surface area contributed by atoms with Gasteiger partial charge in [0.1, 0.15) is 5.75 Å². The standard InChI is InChI=1S/C26H29F3N4O4/c27-26(28,29)37-21-7-5-16(6-8-21)24(35)32-11-9-19(10-12-32)33-22-14-18(15-30-23(22)31-25(33)36)17-3-1-2-4-20(34)13-17/h5-8,14-15,17,19-20,34H,1-4,9-13H2,(H,30,31,36)/t17-,20-/m1/s1. The van der Waals surface area contributed by atoms with Gasteiger partial charge in [-0.05, 0) is 73.9 Å². The molecule has 0 unspecified atom stereocenters. The van der Waals surface area contributed by atoms with Crippen molar-refractivity contribution in [3.8, 4) is 5.75 Å². The number of fused-ring (bicyclic) bond motifs is 1. The maximum Gasteiger partial charge on any atom is 0.573 e. The van der Waals surface area contributed by atoms with Gasteiger partial charge >= 0.3 is 12.1 Å². The predicted octanol–water partition coefficient (Wildman–Crippen LogP) is 4.51. The van der Waals surface area contributed by atoms with Crippen LogP contribution in [0.15, 0.2) is 41.3 Å². The largest absolute Gasteiger partial charge is 0.573 e. The van der Waals surface area contributed by atoms with Crippen LogP contribution >= 0.6 is 0 Å². The minimum atomic E-state index is -4.79. The Bertz CT molecular complexity index is 1310. The highest BCUT2D eigenvalue weighted by Crippen LogP contribution is 2.33. The first-order valence-corrected chi connectivity index (χ1v) is 12.6. The van der Waals surface area contributed by atoms with Gasteiger partial charge in [0.25, 0.3) is 5.91 Å². The molecule has 2 atom stereocenters. The lowest BCUT2D eigenvalue weighted by atomic mass is 9.92. The number of aromatic nitrogens is 3. The molecule has 1 saturated heterocycles. The number of likely N-dealkylation sites (tertiary alicyclic amines) is 1. The molecule has 2 fully saturated rings. The number of aliphatic hydroxyl groups excluding tert-OH is 1. The normalized spacial score (nSPS) is 21.7. The van der Waals surface area contributed by atoms with Gasteiger partial charge in [0.15, 0.2) is 5.65 Å². The van der Waals surface area contributed by atoms with Gasteiger partial charge in [-0.15, -0.1) is 13.2 Å². The number of benzene rings is 1. The Kier molecular flexibility index (Phi) is 6.98. The van der Waals surface area contributed by atoms with Gasteiger partial charge in [-0.1, -0.05) is 12.8 Å². The molecule has 8 nitrogen and oxygen atoms in total. The maximum atomic E-state index is 12.9. The number of carbonyl (C=O) groups excluding carboxylic acids is 1. The van der Waals surface area contributed by atoms with Crippen molar-refractivity contribution in [1.29, 1.82) is 0 Å². The molecule has 2 aromatic heterocycles. The number of piperidine rings is 1. The highest BCUT2D eigenvalue weighted by Gasteiger charge is 2.31. The SMILES string of the molecule is O=C(c1ccc(OC(F)(F)F)cc1)N1CCC(n2c(=O)[nH]c3ncc([C@@H]4CCCC[C@@H](O)C4)cc32)CC1. The number of hydrogen-bond donors (Lipinski definition) is 2. The number of imidazole rings is 1. The van der Waals surface area contributed by atoms with E-state index < -0.39 is 6.36 Å². The van der Waals surface area contributed by atoms with E-state index in [1.807, 2.05) is 6.07 Å². The topological polar surface area (TPSA) is 100 Å². The zero-order chi connectivity index (χ0) is 26.2. The Hall–Kier alpha value is -3.34. The van der Waals surface area contributed by atoms with Crippen LogP contribution in [0.4, 0.5) is 13.2 Å². The quantitative estimate of drug-likeness (QED) is 0.495. The summed E-state index contributed by atoms with van der Waals surface area (Å²) >= 11 is 0. The number of nitrogens with zero attached hydrogens (tertiary/aromatic N) is 3. The molecular weight excluding hydrogens is 489 g/mol. The second-order valence-corrected chi connectivity index (χ2v) is 9.90. The number of alkyl halides is 3. The van der Waals surface area contributed by atoms with Crippen LogP contribution in [0.25, 0.3) is 11.2 Å². The number of ether oxygens (including phenoxy) is 1. The Morgan fingerprint density at radius 1 is 1.08 bits per heavy atom. The van der Waals surface area contributed by atoms with Crippen molar-refractivity contribution in [2.24, 2.45) is 0 Å². The Morgan fingerprint density at radius 2 is 1.78 bits per heavy atom. The number of hydrogen-bond acceptors (Lipinski definition) is 5. The summed E-state index contributed by atoms with van der Waals surface area (Å²) in [7, 11) is 0. The summed E-state index contributed by atoms with van der Waals surface area (Å²) in [5.41, 5.74) is 2.29. The van der Waals surface area contributed by atoms with E-state index in [2.05, 4.69) is 14.7 Å². The van der Waals surface area contributed by atoms with Crippen LogP contribution in [0.2, 0.25) is 0 Å². The molecule has 2 N–H and O–H groups in total. The van der Waals surface area contributed by atoms with Crippen LogP contribution < -0.4 is 10.4 Å². The summed E-state index contributed by atoms with van der Waals surface area (Å²) in [6.45, 7) is 0.816. The molecule has 3 aromatic rings. The van der Waals surface area contributed by atoms with Crippen molar-refractivity contribution >= 4 is 17.1 Å². The summed E-state index contributed by atoms with van der Waals surface area (Å²) in [6.07, 6.45) is 2.30. The summed E-state index contributed by atoms with van der Waals surface area (Å²) in [5.74, 6) is -0.466. The Balaban J connectivity index is 1.29. The minimum absolute atomic E-state index is 0.121. The van der Waals surface area contributed by atoms with E-state index in [-0.39, 0.29) is 41.0 Å². The lowest BCUT2D eigenvalue weighted by Crippen LogP contribution is -2.40. The van der Waals surface area contributed by atoms with Crippen molar-refractivity contribution in [3.05, 3.63) is 58.1 Å². The molecule has 0 spiro atoms. The fraction of sp³-hybridized carbons (Fsp3) is 0.500. The van der Waals surface area contributed by atoms with E-state index in [0.29, 0.717) is 38.0 Å². The third-order valence-electron chi connectivity index (χ3n) is 7.41. The van der Waals surface area contributed by atoms with Gasteiger partial charge in [-0.2, -0.15) is 0 Å². The summed E-state index contributed by atoms with van der Waals surface area (Å²) in [4.78, 5) is 34.7. The van der Waals surface area contributed by atoms with Crippen molar-refractivity contribution in [2.45, 2.75) is 69.4 Å². The smallest absolute Gasteiger partial charge is 0.406 e. The van der Waals surface area contributed by atoms with Crippen LogP contribution in [0, 0.1) is 0 Å². The lowest BCUT2D eigenvalue weighted by Gasteiger charge is -2.32. The number of aromatic amines is 1. The van der Waals surface area contributed by atoms with E-state index >= 15 is 0 Å². The van der Waals surface area contributed by atoms with E-state index in [9.17, 15) is 27.9 Å². The molecule has 198 valence electrons. The van der Waals surface area contributed by atoms with Crippen molar-refractivity contribution in [2.75, 3.05) is 13.1 Å². The molecule has 2 aliphatic rings. The maximum absolute atomic E-state index is 12.9. The van der Waals surface area contributed by atoms with Crippen molar-refractivity contribution < 1.29 is 27.8 Å². The number of halogens is 3. The number of carbonyl (C=O) groups is 1. The van der Waals surface area contributed by atoms with E-state index in [1.165, 1.54) is 12.1 Å². The molecule has 1 aliphatic carbocycles. The number of H-pyrrole nitrogens is 1. The van der Waals surface area contributed by atoms with E-state index in [4.69, 9.17) is 0 Å². The first-order chi connectivity index (χ1) is 17.7. The Morgan fingerprint density at radius 3 is 2.49 bits per heavy atom. The molecule has 1 amide bonds. The van der Waals surface area contributed by atoms with Gasteiger partial charge in [-0.25, -0.2) is 9.78 Å². The zero-order valence-corrected chi connectivity index (χ0v) is 20.2. The highest BCUT2D eigenvalue weighted by molar-refractivity contribution is 5.94. The van der Waals surface area contributed by atoms with Gasteiger partial charge < -0.3 is 14.7 Å². The number of rotatable bonds is 4. The molecule has 1 aromatic carbocycles. The van der Waals surface area contributed by atoms with Crippen molar-refractivity contribution in [3.63, 3.8) is 0 Å². The first-order valence-electron chi connectivity index (χ1n) is 12.6. The van der Waals surface area contributed by atoms with Gasteiger partial charge in [-0.3, -0.25) is 14.3 Å². The Labute approximate surface area is 211 Å². The highest BCUT2D eigenvalue weighted by atomic mass is 19.4. The third-order valence-corrected chi connectivity index (χ3v) is 7.41.